The highest BCUT2D eigenvalue weighted by Gasteiger charge is 2.27. The first-order chi connectivity index (χ1) is 25.2. The van der Waals surface area contributed by atoms with Gasteiger partial charge < -0.3 is 15.0 Å². The lowest BCUT2D eigenvalue weighted by atomic mass is 9.89. The Morgan fingerprint density at radius 3 is 2.48 bits per heavy atom. The van der Waals surface area contributed by atoms with Crippen molar-refractivity contribution in [2.75, 3.05) is 18.4 Å². The van der Waals surface area contributed by atoms with Crippen LogP contribution in [0.1, 0.15) is 52.7 Å². The first-order valence-corrected chi connectivity index (χ1v) is 17.7. The summed E-state index contributed by atoms with van der Waals surface area (Å²) in [5, 5.41) is 24.0. The molecule has 3 heterocycles. The number of nitrogens with one attached hydrogen (secondary N) is 1. The number of pyridine rings is 1. The normalized spacial score (nSPS) is 13.9. The zero-order valence-corrected chi connectivity index (χ0v) is 29.9. The molecule has 1 amide bonds. The zero-order chi connectivity index (χ0) is 36.2. The topological polar surface area (TPSA) is 109 Å². The van der Waals surface area contributed by atoms with Gasteiger partial charge in [-0.05, 0) is 78.4 Å². The maximum atomic E-state index is 13.9. The van der Waals surface area contributed by atoms with Crippen LogP contribution in [0.4, 0.5) is 20.6 Å². The molecule has 1 unspecified atom stereocenters. The van der Waals surface area contributed by atoms with Crippen molar-refractivity contribution in [3.8, 4) is 6.07 Å². The molecule has 262 valence electrons. The molecule has 0 bridgehead atoms. The predicted octanol–water partition coefficient (Wildman–Crippen LogP) is 9.89. The van der Waals surface area contributed by atoms with Gasteiger partial charge in [0.2, 0.25) is 0 Å². The summed E-state index contributed by atoms with van der Waals surface area (Å²) in [5.74, 6) is -0.778. The van der Waals surface area contributed by atoms with Gasteiger partial charge in [0.25, 0.3) is 0 Å². The second-order valence-electron chi connectivity index (χ2n) is 12.6. The summed E-state index contributed by atoms with van der Waals surface area (Å²) < 4.78 is 21.3. The molecule has 1 aliphatic rings. The van der Waals surface area contributed by atoms with Crippen LogP contribution in [-0.2, 0) is 17.8 Å². The highest BCUT2D eigenvalue weighted by molar-refractivity contribution is 6.35. The number of carbonyl (C=O) groups excluding carboxylic acids is 1. The van der Waals surface area contributed by atoms with E-state index in [-0.39, 0.29) is 35.2 Å². The van der Waals surface area contributed by atoms with Crippen LogP contribution in [0, 0.1) is 17.1 Å². The molecular formula is C39H31Cl3FN7O2. The number of carbonyl (C=O) groups is 1. The zero-order valence-electron chi connectivity index (χ0n) is 27.6. The summed E-state index contributed by atoms with van der Waals surface area (Å²) in [7, 11) is 0. The van der Waals surface area contributed by atoms with Crippen molar-refractivity contribution in [2.45, 2.75) is 37.8 Å². The van der Waals surface area contributed by atoms with Crippen LogP contribution in [0.5, 0.6) is 0 Å². The minimum Gasteiger partial charge on any atom is -0.445 e. The standard InChI is InChI=1S/C39H31Cl3FN7O2/c40-28-8-6-26(7-9-28)31(36-22-50(48-47-36)30-12-14-49(15-13-30)39(51)52-23-24-4-2-1-3-5-24)16-25-17-32-37(46-29-10-11-35(43)33(41)19-29)27(20-44)21-45-38(32)34(42)18-25/h1-11,17-19,21-22,30-31H,12-16,23H2,(H,45,46). The van der Waals surface area contributed by atoms with Crippen LogP contribution in [0.3, 0.4) is 0 Å². The number of nitriles is 1. The quantitative estimate of drug-likeness (QED) is 0.157. The number of aromatic nitrogens is 4. The summed E-state index contributed by atoms with van der Waals surface area (Å²) in [5.41, 5.74) is 5.31. The van der Waals surface area contributed by atoms with Crippen molar-refractivity contribution in [1.29, 1.82) is 5.26 Å². The number of likely N-dealkylation sites (tertiary alicyclic amines) is 1. The van der Waals surface area contributed by atoms with Gasteiger partial charge in [-0.3, -0.25) is 4.98 Å². The molecule has 1 atom stereocenters. The first-order valence-electron chi connectivity index (χ1n) is 16.6. The number of amides is 1. The van der Waals surface area contributed by atoms with E-state index >= 15 is 0 Å². The molecule has 2 aromatic heterocycles. The van der Waals surface area contributed by atoms with Gasteiger partial charge in [-0.15, -0.1) is 5.10 Å². The molecular weight excluding hydrogens is 724 g/mol. The van der Waals surface area contributed by atoms with E-state index in [0.29, 0.717) is 64.7 Å². The molecule has 1 saturated heterocycles. The second kappa shape index (κ2) is 15.6. The van der Waals surface area contributed by atoms with Crippen molar-refractivity contribution in [3.63, 3.8) is 0 Å². The molecule has 7 rings (SSSR count). The summed E-state index contributed by atoms with van der Waals surface area (Å²) in [6.45, 7) is 1.32. The number of hydrogen-bond acceptors (Lipinski definition) is 7. The van der Waals surface area contributed by atoms with Gasteiger partial charge in [-0.2, -0.15) is 5.26 Å². The van der Waals surface area contributed by atoms with Gasteiger partial charge in [0, 0.05) is 47.5 Å². The average Bonchev–Trinajstić information content (AvgIpc) is 3.66. The Hall–Kier alpha value is -5.21. The third kappa shape index (κ3) is 7.82. The van der Waals surface area contributed by atoms with Gasteiger partial charge in [0.05, 0.1) is 38.5 Å². The summed E-state index contributed by atoms with van der Waals surface area (Å²) >= 11 is 19.2. The molecule has 1 aliphatic heterocycles. The first kappa shape index (κ1) is 35.2. The van der Waals surface area contributed by atoms with Crippen molar-refractivity contribution >= 4 is 63.2 Å². The van der Waals surface area contributed by atoms with Gasteiger partial charge in [-0.25, -0.2) is 13.9 Å². The Morgan fingerprint density at radius 1 is 0.981 bits per heavy atom. The van der Waals surface area contributed by atoms with Crippen molar-refractivity contribution in [1.82, 2.24) is 24.9 Å². The molecule has 13 heteroatoms. The van der Waals surface area contributed by atoms with E-state index in [2.05, 4.69) is 26.7 Å². The van der Waals surface area contributed by atoms with Crippen LogP contribution >= 0.6 is 34.8 Å². The fourth-order valence-corrected chi connectivity index (χ4v) is 7.04. The number of anilines is 2. The minimum atomic E-state index is -0.549. The van der Waals surface area contributed by atoms with Gasteiger partial charge in [0.1, 0.15) is 18.5 Å². The highest BCUT2D eigenvalue weighted by atomic mass is 35.5. The lowest BCUT2D eigenvalue weighted by Crippen LogP contribution is -2.39. The Balaban J connectivity index is 1.13. The van der Waals surface area contributed by atoms with Gasteiger partial charge in [0.15, 0.2) is 0 Å². The van der Waals surface area contributed by atoms with E-state index in [1.165, 1.54) is 18.3 Å². The predicted molar refractivity (Wildman–Crippen MR) is 200 cm³/mol. The Bertz CT molecular complexity index is 2270. The van der Waals surface area contributed by atoms with Crippen LogP contribution in [0.25, 0.3) is 10.9 Å². The van der Waals surface area contributed by atoms with Crippen molar-refractivity contribution in [2.24, 2.45) is 0 Å². The lowest BCUT2D eigenvalue weighted by Gasteiger charge is -2.31. The number of benzene rings is 4. The molecule has 0 radical (unpaired) electrons. The summed E-state index contributed by atoms with van der Waals surface area (Å²) in [4.78, 5) is 19.0. The summed E-state index contributed by atoms with van der Waals surface area (Å²) in [6, 6.07) is 27.5. The van der Waals surface area contributed by atoms with Gasteiger partial charge >= 0.3 is 6.09 Å². The third-order valence-electron chi connectivity index (χ3n) is 9.19. The number of nitrogens with zero attached hydrogens (tertiary/aromatic N) is 6. The van der Waals surface area contributed by atoms with Gasteiger partial charge in [-0.1, -0.05) is 82.5 Å². The Morgan fingerprint density at radius 2 is 1.75 bits per heavy atom. The SMILES string of the molecule is N#Cc1cnc2c(Cl)cc(CC(c3ccc(Cl)cc3)c3cn(C4CCN(C(=O)OCc5ccccc5)CC4)nn3)cc2c1Nc1ccc(F)c(Cl)c1. The largest absolute Gasteiger partial charge is 0.445 e. The highest BCUT2D eigenvalue weighted by Crippen LogP contribution is 2.37. The van der Waals surface area contributed by atoms with E-state index in [0.717, 1.165) is 22.4 Å². The average molecular weight is 755 g/mol. The van der Waals surface area contributed by atoms with Crippen LogP contribution in [0.15, 0.2) is 97.3 Å². The number of piperidine rings is 1. The smallest absolute Gasteiger partial charge is 0.410 e. The number of ether oxygens (including phenoxy) is 1. The van der Waals surface area contributed by atoms with E-state index < -0.39 is 5.82 Å². The van der Waals surface area contributed by atoms with E-state index in [1.807, 2.05) is 77.6 Å². The number of halogens is 4. The maximum absolute atomic E-state index is 13.9. The molecule has 52 heavy (non-hydrogen) atoms. The summed E-state index contributed by atoms with van der Waals surface area (Å²) in [6.07, 6.45) is 5.00. The third-order valence-corrected chi connectivity index (χ3v) is 10.0. The molecule has 0 saturated carbocycles. The van der Waals surface area contributed by atoms with E-state index in [4.69, 9.17) is 39.5 Å². The molecule has 1 N–H and O–H groups in total. The van der Waals surface area contributed by atoms with E-state index in [1.54, 1.807) is 11.0 Å². The molecule has 9 nitrogen and oxygen atoms in total. The maximum Gasteiger partial charge on any atom is 0.410 e. The minimum absolute atomic E-state index is 0.0497. The van der Waals surface area contributed by atoms with Crippen LogP contribution < -0.4 is 5.32 Å². The van der Waals surface area contributed by atoms with Crippen LogP contribution in [0.2, 0.25) is 15.1 Å². The monoisotopic (exact) mass is 753 g/mol. The Labute approximate surface area is 314 Å². The lowest BCUT2D eigenvalue weighted by molar-refractivity contribution is 0.0820. The fraction of sp³-hybridized carbons (Fsp3) is 0.205. The molecule has 6 aromatic rings. The second-order valence-corrected chi connectivity index (χ2v) is 13.8. The molecule has 1 fully saturated rings. The van der Waals surface area contributed by atoms with Crippen molar-refractivity contribution in [3.05, 3.63) is 146 Å². The molecule has 0 spiro atoms. The molecule has 0 aliphatic carbocycles. The Kier molecular flexibility index (Phi) is 10.5. The van der Waals surface area contributed by atoms with E-state index in [9.17, 15) is 14.4 Å². The van der Waals surface area contributed by atoms with Crippen molar-refractivity contribution < 1.29 is 13.9 Å². The molecule has 4 aromatic carbocycles. The number of fused-ring (bicyclic) bond motifs is 1. The number of hydrogen-bond donors (Lipinski definition) is 1. The van der Waals surface area contributed by atoms with Crippen LogP contribution in [-0.4, -0.2) is 44.1 Å². The number of rotatable bonds is 9. The fourth-order valence-electron chi connectivity index (χ4n) is 6.45.